The summed E-state index contributed by atoms with van der Waals surface area (Å²) in [5.74, 6) is -0.179. The summed E-state index contributed by atoms with van der Waals surface area (Å²) in [5, 5.41) is 54.4. The van der Waals surface area contributed by atoms with E-state index in [0.29, 0.717) is 6.42 Å². The van der Waals surface area contributed by atoms with Gasteiger partial charge in [-0.05, 0) is 64.2 Å². The van der Waals surface area contributed by atoms with Crippen LogP contribution in [0.15, 0.2) is 72.9 Å². The lowest BCUT2D eigenvalue weighted by atomic mass is 9.99. The highest BCUT2D eigenvalue weighted by molar-refractivity contribution is 5.76. The Labute approximate surface area is 410 Å². The molecule has 0 aromatic carbocycles. The molecule has 1 aliphatic heterocycles. The summed E-state index contributed by atoms with van der Waals surface area (Å²) in [6.45, 7) is 3.66. The van der Waals surface area contributed by atoms with Gasteiger partial charge in [0, 0.05) is 6.42 Å². The van der Waals surface area contributed by atoms with E-state index in [9.17, 15) is 30.3 Å². The SMILES string of the molecule is CC/C=C\C/C=C\C/C=C\C/C=C\C/C=C\CCCCCCCCCCCCCCCCCC(=O)NC(COC1OC(CO)C(O)C(O)C1O)C(O)/C=C/CCCCCCCCCCCCC. The first-order valence-corrected chi connectivity index (χ1v) is 27.7. The standard InChI is InChI=1S/C58H103NO8/c1-3-5-7-9-11-13-15-17-18-19-20-21-22-23-24-25-26-27-28-29-30-31-32-33-34-36-38-40-42-44-46-48-54(62)59-51(50-66-58-57(65)56(64)55(63)53(49-60)67-58)52(61)47-45-43-41-39-37-35-16-14-12-10-8-6-4-2/h5,7,11,13,17-18,20-21,23-24,45,47,51-53,55-58,60-61,63-65H,3-4,6,8-10,12,14-16,19,22,25-44,46,48-50H2,1-2H3,(H,59,62)/b7-5-,13-11-,18-17-,21-20-,24-23-,47-45+. The molecule has 7 atom stereocenters. The van der Waals surface area contributed by atoms with Crippen molar-refractivity contribution in [3.05, 3.63) is 72.9 Å². The zero-order chi connectivity index (χ0) is 48.7. The van der Waals surface area contributed by atoms with E-state index in [-0.39, 0.29) is 12.5 Å². The summed E-state index contributed by atoms with van der Waals surface area (Å²) >= 11 is 0. The number of hydrogen-bond acceptors (Lipinski definition) is 8. The fraction of sp³-hybridized carbons (Fsp3) is 0.776. The predicted octanol–water partition coefficient (Wildman–Crippen LogP) is 13.3. The maximum Gasteiger partial charge on any atom is 0.220 e. The minimum Gasteiger partial charge on any atom is -0.394 e. The lowest BCUT2D eigenvalue weighted by Gasteiger charge is -2.40. The normalized spacial score (nSPS) is 20.3. The maximum atomic E-state index is 13.0. The van der Waals surface area contributed by atoms with Crippen molar-refractivity contribution in [3.63, 3.8) is 0 Å². The van der Waals surface area contributed by atoms with Crippen molar-refractivity contribution in [1.82, 2.24) is 5.32 Å². The van der Waals surface area contributed by atoms with Gasteiger partial charge in [0.05, 0.1) is 25.4 Å². The van der Waals surface area contributed by atoms with Gasteiger partial charge in [-0.2, -0.15) is 0 Å². The van der Waals surface area contributed by atoms with Crippen molar-refractivity contribution in [2.45, 2.75) is 275 Å². The average Bonchev–Trinajstić information content (AvgIpc) is 3.33. The van der Waals surface area contributed by atoms with E-state index < -0.39 is 49.5 Å². The van der Waals surface area contributed by atoms with Gasteiger partial charge in [-0.1, -0.05) is 234 Å². The molecule has 6 N–H and O–H groups in total. The quantitative estimate of drug-likeness (QED) is 0.0261. The fourth-order valence-corrected chi connectivity index (χ4v) is 8.42. The number of aliphatic hydroxyl groups is 5. The van der Waals surface area contributed by atoms with Crippen LogP contribution in [0.2, 0.25) is 0 Å². The van der Waals surface area contributed by atoms with E-state index in [4.69, 9.17) is 9.47 Å². The Hall–Kier alpha value is -2.37. The van der Waals surface area contributed by atoms with Gasteiger partial charge in [0.25, 0.3) is 0 Å². The number of hydrogen-bond donors (Lipinski definition) is 6. The number of nitrogens with one attached hydrogen (secondary N) is 1. The van der Waals surface area contributed by atoms with Crippen LogP contribution >= 0.6 is 0 Å². The highest BCUT2D eigenvalue weighted by Gasteiger charge is 2.44. The second-order valence-electron chi connectivity index (χ2n) is 19.0. The molecule has 0 bridgehead atoms. The predicted molar refractivity (Wildman–Crippen MR) is 281 cm³/mol. The number of carbonyl (C=O) groups excluding carboxylic acids is 1. The third-order valence-corrected chi connectivity index (χ3v) is 12.8. The van der Waals surface area contributed by atoms with Gasteiger partial charge in [0.1, 0.15) is 24.4 Å². The summed E-state index contributed by atoms with van der Waals surface area (Å²) in [4.78, 5) is 13.0. The molecule has 388 valence electrons. The smallest absolute Gasteiger partial charge is 0.220 e. The van der Waals surface area contributed by atoms with Crippen LogP contribution in [-0.2, 0) is 14.3 Å². The minimum atomic E-state index is -1.57. The number of rotatable bonds is 46. The van der Waals surface area contributed by atoms with Crippen LogP contribution in [0.25, 0.3) is 0 Å². The Morgan fingerprint density at radius 3 is 1.37 bits per heavy atom. The molecule has 1 fully saturated rings. The van der Waals surface area contributed by atoms with E-state index in [2.05, 4.69) is 79.9 Å². The number of aliphatic hydroxyl groups excluding tert-OH is 5. The molecular weight excluding hydrogens is 839 g/mol. The van der Waals surface area contributed by atoms with Crippen molar-refractivity contribution in [1.29, 1.82) is 0 Å². The molecular formula is C58H103NO8. The van der Waals surface area contributed by atoms with E-state index in [0.717, 1.165) is 70.6 Å². The van der Waals surface area contributed by atoms with E-state index in [1.54, 1.807) is 6.08 Å². The monoisotopic (exact) mass is 942 g/mol. The third kappa shape index (κ3) is 37.2. The number of allylic oxidation sites excluding steroid dienone is 11. The molecule has 0 spiro atoms. The highest BCUT2D eigenvalue weighted by Crippen LogP contribution is 2.23. The van der Waals surface area contributed by atoms with Crippen LogP contribution in [0.4, 0.5) is 0 Å². The maximum absolute atomic E-state index is 13.0. The van der Waals surface area contributed by atoms with Crippen LogP contribution in [0.3, 0.4) is 0 Å². The molecule has 0 radical (unpaired) electrons. The van der Waals surface area contributed by atoms with Crippen molar-refractivity contribution in [2.24, 2.45) is 0 Å². The molecule has 7 unspecified atom stereocenters. The number of ether oxygens (including phenoxy) is 2. The van der Waals surface area contributed by atoms with E-state index in [1.807, 2.05) is 6.08 Å². The van der Waals surface area contributed by atoms with E-state index >= 15 is 0 Å². The van der Waals surface area contributed by atoms with Crippen LogP contribution in [0, 0.1) is 0 Å². The summed E-state index contributed by atoms with van der Waals surface area (Å²) < 4.78 is 11.2. The molecule has 1 amide bonds. The molecule has 1 aliphatic rings. The van der Waals surface area contributed by atoms with Crippen molar-refractivity contribution < 1.29 is 39.8 Å². The first-order valence-electron chi connectivity index (χ1n) is 27.7. The molecule has 67 heavy (non-hydrogen) atoms. The summed E-state index contributed by atoms with van der Waals surface area (Å²) in [5.41, 5.74) is 0. The van der Waals surface area contributed by atoms with Gasteiger partial charge in [0.2, 0.25) is 5.91 Å². The Bertz CT molecular complexity index is 1280. The average molecular weight is 942 g/mol. The largest absolute Gasteiger partial charge is 0.394 e. The Kier molecular flexibility index (Phi) is 44.2. The van der Waals surface area contributed by atoms with Gasteiger partial charge in [-0.25, -0.2) is 0 Å². The lowest BCUT2D eigenvalue weighted by molar-refractivity contribution is -0.302. The number of amides is 1. The second kappa shape index (κ2) is 47.3. The zero-order valence-corrected chi connectivity index (χ0v) is 42.9. The molecule has 1 saturated heterocycles. The van der Waals surface area contributed by atoms with Crippen LogP contribution in [0.5, 0.6) is 0 Å². The second-order valence-corrected chi connectivity index (χ2v) is 19.0. The molecule has 0 aromatic heterocycles. The third-order valence-electron chi connectivity index (χ3n) is 12.8. The summed E-state index contributed by atoms with van der Waals surface area (Å²) in [6.07, 6.45) is 58.2. The summed E-state index contributed by atoms with van der Waals surface area (Å²) in [7, 11) is 0. The molecule has 9 nitrogen and oxygen atoms in total. The first-order chi connectivity index (χ1) is 32.8. The van der Waals surface area contributed by atoms with Crippen LogP contribution < -0.4 is 5.32 Å². The van der Waals surface area contributed by atoms with Gasteiger partial charge in [-0.3, -0.25) is 4.79 Å². The molecule has 1 rings (SSSR count). The minimum absolute atomic E-state index is 0.179. The van der Waals surface area contributed by atoms with Crippen LogP contribution in [0.1, 0.15) is 232 Å². The molecule has 0 saturated carbocycles. The Morgan fingerprint density at radius 2 is 0.925 bits per heavy atom. The zero-order valence-electron chi connectivity index (χ0n) is 42.9. The van der Waals surface area contributed by atoms with Crippen molar-refractivity contribution in [2.75, 3.05) is 13.2 Å². The molecule has 9 heteroatoms. The first kappa shape index (κ1) is 62.6. The van der Waals surface area contributed by atoms with Gasteiger partial charge >= 0.3 is 0 Å². The number of unbranched alkanes of at least 4 members (excludes halogenated alkanes) is 26. The van der Waals surface area contributed by atoms with Gasteiger partial charge in [0.15, 0.2) is 6.29 Å². The van der Waals surface area contributed by atoms with Gasteiger partial charge < -0.3 is 40.3 Å². The molecule has 1 heterocycles. The Balaban J connectivity index is 2.16. The molecule has 0 aliphatic carbocycles. The summed E-state index contributed by atoms with van der Waals surface area (Å²) in [6, 6.07) is -0.806. The van der Waals surface area contributed by atoms with Crippen LogP contribution in [-0.4, -0.2) is 87.5 Å². The number of carbonyl (C=O) groups is 1. The Morgan fingerprint density at radius 1 is 0.522 bits per heavy atom. The fourth-order valence-electron chi connectivity index (χ4n) is 8.42. The highest BCUT2D eigenvalue weighted by atomic mass is 16.7. The van der Waals surface area contributed by atoms with E-state index in [1.165, 1.54) is 141 Å². The lowest BCUT2D eigenvalue weighted by Crippen LogP contribution is -2.60. The molecule has 0 aromatic rings. The van der Waals surface area contributed by atoms with Crippen molar-refractivity contribution in [3.8, 4) is 0 Å². The van der Waals surface area contributed by atoms with Gasteiger partial charge in [-0.15, -0.1) is 0 Å². The topological polar surface area (TPSA) is 149 Å². The van der Waals surface area contributed by atoms with Crippen molar-refractivity contribution >= 4 is 5.91 Å².